The number of nitrogens with one attached hydrogen (secondary N) is 1. The number of unbranched alkanes of at least 4 members (excludes halogenated alkanes) is 6. The van der Waals surface area contributed by atoms with Gasteiger partial charge < -0.3 is 14.8 Å². The van der Waals surface area contributed by atoms with Crippen LogP contribution >= 0.6 is 11.3 Å². The van der Waals surface area contributed by atoms with Gasteiger partial charge in [-0.05, 0) is 46.6 Å². The van der Waals surface area contributed by atoms with Gasteiger partial charge in [0.05, 0.1) is 12.2 Å². The average Bonchev–Trinajstić information content (AvgIpc) is 2.96. The summed E-state index contributed by atoms with van der Waals surface area (Å²) in [7, 11) is 0. The molecule has 1 heterocycles. The monoisotopic (exact) mass is 439 g/mol. The minimum atomic E-state index is -0.655. The van der Waals surface area contributed by atoms with Gasteiger partial charge in [-0.1, -0.05) is 45.4 Å². The van der Waals surface area contributed by atoms with E-state index in [1.54, 1.807) is 34.6 Å². The first-order valence-electron chi connectivity index (χ1n) is 10.9. The van der Waals surface area contributed by atoms with Gasteiger partial charge in [-0.25, -0.2) is 9.59 Å². The Balaban J connectivity index is 2.83. The maximum absolute atomic E-state index is 12.6. The second-order valence-electron chi connectivity index (χ2n) is 8.40. The first-order chi connectivity index (χ1) is 14.1. The first-order valence-corrected chi connectivity index (χ1v) is 11.8. The zero-order valence-corrected chi connectivity index (χ0v) is 20.1. The van der Waals surface area contributed by atoms with Crippen LogP contribution in [0.3, 0.4) is 0 Å². The Kier molecular flexibility index (Phi) is 11.1. The van der Waals surface area contributed by atoms with Crippen molar-refractivity contribution in [2.45, 2.75) is 98.5 Å². The number of rotatable bonds is 12. The van der Waals surface area contributed by atoms with Gasteiger partial charge in [0.25, 0.3) is 0 Å². The molecule has 0 aliphatic rings. The fourth-order valence-corrected chi connectivity index (χ4v) is 4.09. The van der Waals surface area contributed by atoms with Gasteiger partial charge in [-0.3, -0.25) is 4.79 Å². The highest BCUT2D eigenvalue weighted by atomic mass is 32.1. The maximum atomic E-state index is 12.6. The molecule has 0 saturated carbocycles. The summed E-state index contributed by atoms with van der Waals surface area (Å²) in [5.74, 6) is -1.22. The van der Waals surface area contributed by atoms with Gasteiger partial charge in [-0.15, -0.1) is 11.3 Å². The number of carbonyl (C=O) groups is 3. The summed E-state index contributed by atoms with van der Waals surface area (Å²) in [5, 5.41) is 3.16. The molecular formula is C23H37NO5S. The van der Waals surface area contributed by atoms with Crippen molar-refractivity contribution in [1.29, 1.82) is 0 Å². The molecule has 6 nitrogen and oxygen atoms in total. The maximum Gasteiger partial charge on any atom is 0.349 e. The van der Waals surface area contributed by atoms with E-state index in [1.807, 2.05) is 0 Å². The second kappa shape index (κ2) is 12.7. The average molecular weight is 440 g/mol. The molecule has 1 amide bonds. The number of ether oxygens (including phenoxy) is 2. The van der Waals surface area contributed by atoms with Gasteiger partial charge in [0.15, 0.2) is 0 Å². The molecule has 0 spiro atoms. The van der Waals surface area contributed by atoms with Crippen molar-refractivity contribution in [2.24, 2.45) is 0 Å². The Morgan fingerprint density at radius 3 is 2.10 bits per heavy atom. The molecule has 1 N–H and O–H groups in total. The van der Waals surface area contributed by atoms with Crippen molar-refractivity contribution in [1.82, 2.24) is 0 Å². The van der Waals surface area contributed by atoms with E-state index in [-0.39, 0.29) is 18.1 Å². The number of hydrogen-bond acceptors (Lipinski definition) is 6. The van der Waals surface area contributed by atoms with Crippen LogP contribution in [0, 0.1) is 6.92 Å². The van der Waals surface area contributed by atoms with Gasteiger partial charge >= 0.3 is 11.9 Å². The topological polar surface area (TPSA) is 81.7 Å². The quantitative estimate of drug-likeness (QED) is 0.307. The number of anilines is 1. The normalized spacial score (nSPS) is 11.3. The Hall–Kier alpha value is -1.89. The van der Waals surface area contributed by atoms with E-state index >= 15 is 0 Å². The molecular weight excluding hydrogens is 402 g/mol. The predicted molar refractivity (Wildman–Crippen MR) is 121 cm³/mol. The van der Waals surface area contributed by atoms with Gasteiger partial charge in [0.1, 0.15) is 15.5 Å². The van der Waals surface area contributed by atoms with Crippen molar-refractivity contribution in [3.05, 3.63) is 16.0 Å². The van der Waals surface area contributed by atoms with Crippen LogP contribution in [0.15, 0.2) is 0 Å². The van der Waals surface area contributed by atoms with E-state index < -0.39 is 17.5 Å². The highest BCUT2D eigenvalue weighted by Gasteiger charge is 2.29. The van der Waals surface area contributed by atoms with E-state index in [2.05, 4.69) is 12.2 Å². The molecule has 0 aromatic carbocycles. The Morgan fingerprint density at radius 2 is 1.53 bits per heavy atom. The third kappa shape index (κ3) is 8.86. The molecule has 0 unspecified atom stereocenters. The number of hydrogen-bond donors (Lipinski definition) is 1. The van der Waals surface area contributed by atoms with E-state index in [9.17, 15) is 14.4 Å². The van der Waals surface area contributed by atoms with Crippen LogP contribution in [0.4, 0.5) is 5.00 Å². The lowest BCUT2D eigenvalue weighted by Gasteiger charge is -2.19. The van der Waals surface area contributed by atoms with Crippen LogP contribution in [-0.4, -0.2) is 30.1 Å². The molecule has 0 saturated heterocycles. The molecule has 1 aromatic rings. The van der Waals surface area contributed by atoms with Gasteiger partial charge in [0.2, 0.25) is 5.91 Å². The van der Waals surface area contributed by atoms with Crippen LogP contribution in [-0.2, 0) is 14.3 Å². The molecule has 0 fully saturated rings. The van der Waals surface area contributed by atoms with Crippen LogP contribution in [0.1, 0.15) is 112 Å². The fraction of sp³-hybridized carbons (Fsp3) is 0.696. The van der Waals surface area contributed by atoms with Gasteiger partial charge in [0, 0.05) is 6.42 Å². The minimum Gasteiger partial charge on any atom is -0.462 e. The van der Waals surface area contributed by atoms with Crippen LogP contribution in [0.25, 0.3) is 0 Å². The number of esters is 2. The molecule has 7 heteroatoms. The Bertz CT molecular complexity index is 718. The zero-order chi connectivity index (χ0) is 22.7. The number of thiophene rings is 1. The predicted octanol–water partition coefficient (Wildman–Crippen LogP) is 6.27. The van der Waals surface area contributed by atoms with Crippen LogP contribution in [0.5, 0.6) is 0 Å². The lowest BCUT2D eigenvalue weighted by atomic mass is 10.1. The summed E-state index contributed by atoms with van der Waals surface area (Å²) >= 11 is 1.06. The molecule has 0 aliphatic carbocycles. The van der Waals surface area contributed by atoms with Crippen molar-refractivity contribution in [2.75, 3.05) is 11.9 Å². The summed E-state index contributed by atoms with van der Waals surface area (Å²) in [6, 6.07) is 0. The summed E-state index contributed by atoms with van der Waals surface area (Å²) in [5.41, 5.74) is 0.0487. The molecule has 0 radical (unpaired) electrons. The third-order valence-electron chi connectivity index (χ3n) is 4.47. The number of amides is 1. The zero-order valence-electron chi connectivity index (χ0n) is 19.3. The van der Waals surface area contributed by atoms with E-state index in [0.29, 0.717) is 21.9 Å². The molecule has 0 aliphatic heterocycles. The summed E-state index contributed by atoms with van der Waals surface area (Å²) < 4.78 is 10.6. The highest BCUT2D eigenvalue weighted by molar-refractivity contribution is 7.18. The van der Waals surface area contributed by atoms with Crippen molar-refractivity contribution < 1.29 is 23.9 Å². The first kappa shape index (κ1) is 26.1. The molecule has 0 atom stereocenters. The summed E-state index contributed by atoms with van der Waals surface area (Å²) in [6.45, 7) is 11.1. The molecule has 0 bridgehead atoms. The van der Waals surface area contributed by atoms with E-state index in [1.165, 1.54) is 25.7 Å². The fourth-order valence-electron chi connectivity index (χ4n) is 3.00. The largest absolute Gasteiger partial charge is 0.462 e. The van der Waals surface area contributed by atoms with Crippen LogP contribution < -0.4 is 5.32 Å². The molecule has 1 aromatic heterocycles. The Morgan fingerprint density at radius 1 is 0.933 bits per heavy atom. The van der Waals surface area contributed by atoms with Crippen molar-refractivity contribution in [3.8, 4) is 0 Å². The second-order valence-corrected chi connectivity index (χ2v) is 9.42. The van der Waals surface area contributed by atoms with E-state index in [4.69, 9.17) is 9.47 Å². The lowest BCUT2D eigenvalue weighted by Crippen LogP contribution is -2.23. The summed E-state index contributed by atoms with van der Waals surface area (Å²) in [4.78, 5) is 37.7. The van der Waals surface area contributed by atoms with Crippen molar-refractivity contribution in [3.63, 3.8) is 0 Å². The lowest BCUT2D eigenvalue weighted by molar-refractivity contribution is -0.116. The number of carbonyl (C=O) groups excluding carboxylic acids is 3. The standard InChI is InChI=1S/C23H37NO5S/c1-7-9-10-11-12-13-14-15-17(25)24-20-18(21(26)28-8-2)16(3)19(30-20)22(27)29-23(4,5)6/h7-15H2,1-6H3,(H,24,25). The highest BCUT2D eigenvalue weighted by Crippen LogP contribution is 2.35. The molecule has 1 rings (SSSR count). The third-order valence-corrected chi connectivity index (χ3v) is 5.66. The Labute approximate surface area is 184 Å². The molecule has 30 heavy (non-hydrogen) atoms. The summed E-state index contributed by atoms with van der Waals surface area (Å²) in [6.07, 6.45) is 8.24. The minimum absolute atomic E-state index is 0.161. The van der Waals surface area contributed by atoms with Crippen molar-refractivity contribution >= 4 is 34.2 Å². The molecule has 170 valence electrons. The SMILES string of the molecule is CCCCCCCCCC(=O)Nc1sc(C(=O)OC(C)(C)C)c(C)c1C(=O)OCC. The van der Waals surface area contributed by atoms with E-state index in [0.717, 1.165) is 30.6 Å². The smallest absolute Gasteiger partial charge is 0.349 e. The van der Waals surface area contributed by atoms with Crippen LogP contribution in [0.2, 0.25) is 0 Å². The van der Waals surface area contributed by atoms with Gasteiger partial charge in [-0.2, -0.15) is 0 Å².